The fourth-order valence-electron chi connectivity index (χ4n) is 3.67. The highest BCUT2D eigenvalue weighted by Crippen LogP contribution is 2.30. The molecule has 0 radical (unpaired) electrons. The van der Waals surface area contributed by atoms with Gasteiger partial charge in [-0.25, -0.2) is 0 Å². The molecule has 134 valence electrons. The van der Waals surface area contributed by atoms with Gasteiger partial charge < -0.3 is 10.6 Å². The lowest BCUT2D eigenvalue weighted by Crippen LogP contribution is -2.57. The van der Waals surface area contributed by atoms with Crippen molar-refractivity contribution in [1.29, 1.82) is 0 Å². The lowest BCUT2D eigenvalue weighted by Gasteiger charge is -2.36. The number of carbonyl (C=O) groups is 1. The summed E-state index contributed by atoms with van der Waals surface area (Å²) in [6, 6.07) is -1.59. The zero-order valence-corrected chi connectivity index (χ0v) is 13.8. The fraction of sp³-hybridized carbons (Fsp3) is 0.938. The monoisotopic (exact) mass is 335 g/mol. The van der Waals surface area contributed by atoms with Gasteiger partial charge in [-0.3, -0.25) is 9.69 Å². The number of nitrogens with one attached hydrogen (secondary N) is 2. The SMILES string of the molecule is CC(CC1CCCC1)C(=O)NCC(N1CCNCC1)C(F)(F)F. The topological polar surface area (TPSA) is 44.4 Å². The van der Waals surface area contributed by atoms with Crippen molar-refractivity contribution in [2.75, 3.05) is 32.7 Å². The van der Waals surface area contributed by atoms with E-state index in [1.54, 1.807) is 0 Å². The number of hydrogen-bond donors (Lipinski definition) is 2. The van der Waals surface area contributed by atoms with Gasteiger partial charge >= 0.3 is 6.18 Å². The highest BCUT2D eigenvalue weighted by molar-refractivity contribution is 5.78. The average Bonchev–Trinajstić information content (AvgIpc) is 3.00. The Kier molecular flexibility index (Phi) is 6.71. The summed E-state index contributed by atoms with van der Waals surface area (Å²) in [6.07, 6.45) is 1.17. The molecule has 2 atom stereocenters. The quantitative estimate of drug-likeness (QED) is 0.782. The second kappa shape index (κ2) is 8.33. The van der Waals surface area contributed by atoms with Crippen molar-refractivity contribution in [3.63, 3.8) is 0 Å². The maximum atomic E-state index is 13.3. The van der Waals surface area contributed by atoms with Crippen molar-refractivity contribution in [3.8, 4) is 0 Å². The third-order valence-electron chi connectivity index (χ3n) is 5.05. The molecule has 1 saturated heterocycles. The minimum absolute atomic E-state index is 0.213. The van der Waals surface area contributed by atoms with Crippen molar-refractivity contribution >= 4 is 5.91 Å². The van der Waals surface area contributed by atoms with Gasteiger partial charge in [0, 0.05) is 38.6 Å². The summed E-state index contributed by atoms with van der Waals surface area (Å²) >= 11 is 0. The first-order valence-electron chi connectivity index (χ1n) is 8.67. The van der Waals surface area contributed by atoms with E-state index in [9.17, 15) is 18.0 Å². The second-order valence-electron chi connectivity index (χ2n) is 6.88. The number of carbonyl (C=O) groups excluding carboxylic acids is 1. The fourth-order valence-corrected chi connectivity index (χ4v) is 3.67. The van der Waals surface area contributed by atoms with E-state index in [0.29, 0.717) is 32.1 Å². The Bertz CT molecular complexity index is 377. The number of rotatable bonds is 6. The first kappa shape index (κ1) is 18.5. The maximum absolute atomic E-state index is 13.3. The molecule has 2 rings (SSSR count). The van der Waals surface area contributed by atoms with Crippen LogP contribution in [0.15, 0.2) is 0 Å². The molecule has 1 heterocycles. The Balaban J connectivity index is 1.82. The number of halogens is 3. The van der Waals surface area contributed by atoms with E-state index < -0.39 is 12.2 Å². The molecule has 23 heavy (non-hydrogen) atoms. The summed E-state index contributed by atoms with van der Waals surface area (Å²) in [5.41, 5.74) is 0. The molecule has 1 amide bonds. The normalized spacial score (nSPS) is 23.7. The molecule has 0 aromatic rings. The minimum atomic E-state index is -4.32. The Morgan fingerprint density at radius 1 is 1.26 bits per heavy atom. The van der Waals surface area contributed by atoms with Gasteiger partial charge in [-0.2, -0.15) is 13.2 Å². The van der Waals surface area contributed by atoms with Gasteiger partial charge in [-0.05, 0) is 12.3 Å². The third-order valence-corrected chi connectivity index (χ3v) is 5.05. The van der Waals surface area contributed by atoms with Crippen LogP contribution < -0.4 is 10.6 Å². The van der Waals surface area contributed by atoms with Crippen molar-refractivity contribution in [2.24, 2.45) is 11.8 Å². The zero-order chi connectivity index (χ0) is 16.9. The van der Waals surface area contributed by atoms with Crippen molar-refractivity contribution < 1.29 is 18.0 Å². The highest BCUT2D eigenvalue weighted by atomic mass is 19.4. The molecule has 2 aliphatic rings. The summed E-state index contributed by atoms with van der Waals surface area (Å²) in [5.74, 6) is 0.0959. The molecule has 1 aliphatic heterocycles. The first-order valence-corrected chi connectivity index (χ1v) is 8.67. The molecule has 2 N–H and O–H groups in total. The number of amides is 1. The van der Waals surface area contributed by atoms with Crippen LogP contribution in [0.3, 0.4) is 0 Å². The van der Waals surface area contributed by atoms with Gasteiger partial charge in [0.15, 0.2) is 0 Å². The lowest BCUT2D eigenvalue weighted by molar-refractivity contribution is -0.184. The van der Waals surface area contributed by atoms with Crippen molar-refractivity contribution in [1.82, 2.24) is 15.5 Å². The Morgan fingerprint density at radius 2 is 1.87 bits per heavy atom. The van der Waals surface area contributed by atoms with E-state index >= 15 is 0 Å². The van der Waals surface area contributed by atoms with E-state index in [2.05, 4.69) is 10.6 Å². The number of piperazine rings is 1. The average molecular weight is 335 g/mol. The molecule has 1 saturated carbocycles. The first-order chi connectivity index (χ1) is 10.9. The van der Waals surface area contributed by atoms with E-state index in [-0.39, 0.29) is 18.4 Å². The molecular formula is C16H28F3N3O. The summed E-state index contributed by atoms with van der Waals surface area (Å²) in [6.45, 7) is 3.30. The van der Waals surface area contributed by atoms with Gasteiger partial charge in [0.25, 0.3) is 0 Å². The van der Waals surface area contributed by atoms with E-state index in [4.69, 9.17) is 0 Å². The predicted octanol–water partition coefficient (Wildman–Crippen LogP) is 2.16. The van der Waals surface area contributed by atoms with Gasteiger partial charge in [0.05, 0.1) is 0 Å². The predicted molar refractivity (Wildman–Crippen MR) is 83.0 cm³/mol. The number of hydrogen-bond acceptors (Lipinski definition) is 3. The Labute approximate surface area is 136 Å². The largest absolute Gasteiger partial charge is 0.405 e. The molecule has 2 unspecified atom stereocenters. The highest BCUT2D eigenvalue weighted by Gasteiger charge is 2.44. The second-order valence-corrected chi connectivity index (χ2v) is 6.88. The van der Waals surface area contributed by atoms with Crippen LogP contribution in [-0.4, -0.2) is 55.7 Å². The molecule has 0 bridgehead atoms. The minimum Gasteiger partial charge on any atom is -0.354 e. The molecule has 4 nitrogen and oxygen atoms in total. The van der Waals surface area contributed by atoms with Gasteiger partial charge in [-0.15, -0.1) is 0 Å². The third kappa shape index (κ3) is 5.64. The van der Waals surface area contributed by atoms with Crippen LogP contribution in [0, 0.1) is 11.8 Å². The van der Waals surface area contributed by atoms with Crippen LogP contribution in [0.1, 0.15) is 39.0 Å². The van der Waals surface area contributed by atoms with Crippen LogP contribution in [0.5, 0.6) is 0 Å². The van der Waals surface area contributed by atoms with Gasteiger partial charge in [-0.1, -0.05) is 32.6 Å². The van der Waals surface area contributed by atoms with Gasteiger partial charge in [0.2, 0.25) is 5.91 Å². The maximum Gasteiger partial charge on any atom is 0.405 e. The molecule has 0 aromatic heterocycles. The molecule has 2 fully saturated rings. The molecule has 0 aromatic carbocycles. The lowest BCUT2D eigenvalue weighted by atomic mass is 9.94. The smallest absolute Gasteiger partial charge is 0.354 e. The Hall–Kier alpha value is -0.820. The van der Waals surface area contributed by atoms with Crippen molar-refractivity contribution in [3.05, 3.63) is 0 Å². The molecular weight excluding hydrogens is 307 g/mol. The molecule has 7 heteroatoms. The summed E-state index contributed by atoms with van der Waals surface area (Å²) in [7, 11) is 0. The van der Waals surface area contributed by atoms with E-state index in [1.807, 2.05) is 6.92 Å². The van der Waals surface area contributed by atoms with E-state index in [1.165, 1.54) is 17.7 Å². The number of alkyl halides is 3. The summed E-state index contributed by atoms with van der Waals surface area (Å²) < 4.78 is 39.8. The Morgan fingerprint density at radius 3 is 2.43 bits per heavy atom. The van der Waals surface area contributed by atoms with Crippen molar-refractivity contribution in [2.45, 2.75) is 51.2 Å². The molecule has 0 spiro atoms. The van der Waals surface area contributed by atoms with Crippen LogP contribution in [-0.2, 0) is 4.79 Å². The van der Waals surface area contributed by atoms with E-state index in [0.717, 1.165) is 19.3 Å². The van der Waals surface area contributed by atoms with Crippen LogP contribution in [0.4, 0.5) is 13.2 Å². The van der Waals surface area contributed by atoms with Gasteiger partial charge in [0.1, 0.15) is 6.04 Å². The van der Waals surface area contributed by atoms with Crippen LogP contribution in [0.25, 0.3) is 0 Å². The van der Waals surface area contributed by atoms with Crippen LogP contribution in [0.2, 0.25) is 0 Å². The van der Waals surface area contributed by atoms with Crippen LogP contribution >= 0.6 is 0 Å². The number of nitrogens with zero attached hydrogens (tertiary/aromatic N) is 1. The summed E-state index contributed by atoms with van der Waals surface area (Å²) in [4.78, 5) is 13.6. The molecule has 1 aliphatic carbocycles. The summed E-state index contributed by atoms with van der Waals surface area (Å²) in [5, 5.41) is 5.59. The standard InChI is InChI=1S/C16H28F3N3O/c1-12(10-13-4-2-3-5-13)15(23)21-11-14(16(17,18)19)22-8-6-20-7-9-22/h12-14,20H,2-11H2,1H3,(H,21,23). The zero-order valence-electron chi connectivity index (χ0n) is 13.8.